The molecule has 7 heteroatoms. The van der Waals surface area contributed by atoms with Crippen molar-refractivity contribution in [3.05, 3.63) is 39.4 Å². The fourth-order valence-corrected chi connectivity index (χ4v) is 3.18. The van der Waals surface area contributed by atoms with E-state index in [4.69, 9.17) is 4.74 Å². The largest absolute Gasteiger partial charge is 0.462 e. The number of likely N-dealkylation sites (tertiary alicyclic amines) is 1. The van der Waals surface area contributed by atoms with Gasteiger partial charge in [-0.15, -0.1) is 0 Å². The monoisotopic (exact) mass is 334 g/mol. The van der Waals surface area contributed by atoms with Crippen LogP contribution in [0.3, 0.4) is 0 Å². The third-order valence-electron chi connectivity index (χ3n) is 4.04. The summed E-state index contributed by atoms with van der Waals surface area (Å²) in [5.74, 6) is -0.208. The molecular weight excluding hydrogens is 312 g/mol. The van der Waals surface area contributed by atoms with Gasteiger partial charge in [0, 0.05) is 30.8 Å². The number of benzene rings is 1. The second-order valence-electron chi connectivity index (χ2n) is 6.40. The summed E-state index contributed by atoms with van der Waals surface area (Å²) in [7, 11) is 0. The molecule has 1 fully saturated rings. The van der Waals surface area contributed by atoms with Crippen molar-refractivity contribution in [2.45, 2.75) is 27.2 Å². The number of non-ortho nitro benzene ring substituents is 1. The van der Waals surface area contributed by atoms with Gasteiger partial charge in [-0.2, -0.15) is 0 Å². The Labute approximate surface area is 140 Å². The van der Waals surface area contributed by atoms with E-state index in [1.54, 1.807) is 11.8 Å². The molecule has 1 aromatic carbocycles. The molecule has 130 valence electrons. The molecule has 1 aliphatic heterocycles. The topological polar surface area (TPSA) is 89.8 Å². The van der Waals surface area contributed by atoms with Crippen LogP contribution in [0.2, 0.25) is 0 Å². The van der Waals surface area contributed by atoms with Crippen LogP contribution in [-0.4, -0.2) is 41.4 Å². The van der Waals surface area contributed by atoms with Crippen LogP contribution >= 0.6 is 0 Å². The molecule has 2 atom stereocenters. The summed E-state index contributed by atoms with van der Waals surface area (Å²) in [4.78, 5) is 36.9. The molecule has 0 aromatic heterocycles. The van der Waals surface area contributed by atoms with E-state index in [-0.39, 0.29) is 29.3 Å². The Kier molecular flexibility index (Phi) is 5.54. The molecule has 1 heterocycles. The smallest absolute Gasteiger partial charge is 0.338 e. The Bertz CT molecular complexity index is 648. The van der Waals surface area contributed by atoms with Crippen LogP contribution in [0, 0.1) is 22.0 Å². The van der Waals surface area contributed by atoms with Crippen molar-refractivity contribution in [3.63, 3.8) is 0 Å². The first-order valence-corrected chi connectivity index (χ1v) is 8.07. The van der Waals surface area contributed by atoms with Gasteiger partial charge < -0.3 is 9.64 Å². The van der Waals surface area contributed by atoms with E-state index in [9.17, 15) is 19.7 Å². The number of ether oxygens (including phenoxy) is 1. The lowest BCUT2D eigenvalue weighted by atomic mass is 9.91. The Hall–Kier alpha value is -2.44. The maximum Gasteiger partial charge on any atom is 0.338 e. The van der Waals surface area contributed by atoms with Gasteiger partial charge in [0.05, 0.1) is 17.1 Å². The third-order valence-corrected chi connectivity index (χ3v) is 4.04. The Morgan fingerprint density at radius 2 is 1.79 bits per heavy atom. The molecule has 0 spiro atoms. The summed E-state index contributed by atoms with van der Waals surface area (Å²) in [6.45, 7) is 7.19. The number of hydrogen-bond acceptors (Lipinski definition) is 5. The molecule has 0 N–H and O–H groups in total. The van der Waals surface area contributed by atoms with Crippen molar-refractivity contribution < 1.29 is 19.2 Å². The van der Waals surface area contributed by atoms with Crippen molar-refractivity contribution in [2.75, 3.05) is 19.7 Å². The number of hydrogen-bond donors (Lipinski definition) is 0. The molecule has 0 saturated carbocycles. The highest BCUT2D eigenvalue weighted by Crippen LogP contribution is 2.25. The summed E-state index contributed by atoms with van der Waals surface area (Å²) in [5, 5.41) is 11.1. The van der Waals surface area contributed by atoms with E-state index in [0.29, 0.717) is 24.9 Å². The number of nitro benzene ring substituents is 1. The zero-order valence-electron chi connectivity index (χ0n) is 14.2. The van der Waals surface area contributed by atoms with Crippen molar-refractivity contribution in [1.82, 2.24) is 4.90 Å². The van der Waals surface area contributed by atoms with E-state index in [0.717, 1.165) is 12.5 Å². The molecular formula is C17H22N2O5. The standard InChI is InChI=1S/C17H22N2O5/c1-4-24-17(21)14-6-13(7-15(8-14)19(22)23)16(20)18-9-11(2)5-12(3)10-18/h6-8,11-12H,4-5,9-10H2,1-3H3. The molecule has 1 amide bonds. The molecule has 0 radical (unpaired) electrons. The van der Waals surface area contributed by atoms with Crippen molar-refractivity contribution in [1.29, 1.82) is 0 Å². The fraction of sp³-hybridized carbons (Fsp3) is 0.529. The number of carbonyl (C=O) groups excluding carboxylic acids is 2. The van der Waals surface area contributed by atoms with Crippen molar-refractivity contribution in [3.8, 4) is 0 Å². The molecule has 1 aliphatic rings. The summed E-state index contributed by atoms with van der Waals surface area (Å²) < 4.78 is 4.89. The number of nitrogens with zero attached hydrogens (tertiary/aromatic N) is 2. The van der Waals surface area contributed by atoms with Crippen molar-refractivity contribution >= 4 is 17.6 Å². The van der Waals surface area contributed by atoms with Gasteiger partial charge in [-0.1, -0.05) is 13.8 Å². The highest BCUT2D eigenvalue weighted by atomic mass is 16.6. The lowest BCUT2D eigenvalue weighted by molar-refractivity contribution is -0.384. The number of esters is 1. The maximum absolute atomic E-state index is 12.7. The number of piperidine rings is 1. The van der Waals surface area contributed by atoms with Crippen LogP contribution in [0.15, 0.2) is 18.2 Å². The van der Waals surface area contributed by atoms with E-state index >= 15 is 0 Å². The van der Waals surface area contributed by atoms with Gasteiger partial charge in [-0.05, 0) is 31.2 Å². The third kappa shape index (κ3) is 4.10. The first kappa shape index (κ1) is 17.9. The average Bonchev–Trinajstić information content (AvgIpc) is 2.53. The summed E-state index contributed by atoms with van der Waals surface area (Å²) >= 11 is 0. The molecule has 2 unspecified atom stereocenters. The number of rotatable bonds is 4. The van der Waals surface area contributed by atoms with Gasteiger partial charge in [0.15, 0.2) is 0 Å². The van der Waals surface area contributed by atoms with E-state index in [1.807, 2.05) is 0 Å². The predicted octanol–water partition coefficient (Wildman–Crippen LogP) is 2.89. The van der Waals surface area contributed by atoms with E-state index in [2.05, 4.69) is 13.8 Å². The van der Waals surface area contributed by atoms with Gasteiger partial charge >= 0.3 is 5.97 Å². The van der Waals surface area contributed by atoms with Crippen LogP contribution in [0.4, 0.5) is 5.69 Å². The zero-order valence-corrected chi connectivity index (χ0v) is 14.2. The molecule has 1 saturated heterocycles. The summed E-state index contributed by atoms with van der Waals surface area (Å²) in [6.07, 6.45) is 1.05. The molecule has 1 aromatic rings. The molecule has 7 nitrogen and oxygen atoms in total. The molecule has 0 bridgehead atoms. The molecule has 0 aliphatic carbocycles. The maximum atomic E-state index is 12.7. The van der Waals surface area contributed by atoms with Crippen LogP contribution < -0.4 is 0 Å². The first-order chi connectivity index (χ1) is 11.3. The van der Waals surface area contributed by atoms with Gasteiger partial charge in [0.2, 0.25) is 0 Å². The lowest BCUT2D eigenvalue weighted by Crippen LogP contribution is -2.42. The van der Waals surface area contributed by atoms with E-state index < -0.39 is 10.9 Å². The second-order valence-corrected chi connectivity index (χ2v) is 6.40. The minimum Gasteiger partial charge on any atom is -0.462 e. The minimum atomic E-state index is -0.671. The highest BCUT2D eigenvalue weighted by molar-refractivity contribution is 5.99. The van der Waals surface area contributed by atoms with E-state index in [1.165, 1.54) is 12.1 Å². The predicted molar refractivity (Wildman–Crippen MR) is 87.9 cm³/mol. The normalized spacial score (nSPS) is 20.5. The Morgan fingerprint density at radius 1 is 1.21 bits per heavy atom. The zero-order chi connectivity index (χ0) is 17.9. The summed E-state index contributed by atoms with van der Waals surface area (Å²) in [5.41, 5.74) is -0.122. The van der Waals surface area contributed by atoms with Crippen LogP contribution in [0.5, 0.6) is 0 Å². The average molecular weight is 334 g/mol. The molecule has 24 heavy (non-hydrogen) atoms. The quantitative estimate of drug-likeness (QED) is 0.480. The van der Waals surface area contributed by atoms with Crippen LogP contribution in [0.1, 0.15) is 47.9 Å². The number of carbonyl (C=O) groups is 2. The fourth-order valence-electron chi connectivity index (χ4n) is 3.18. The second kappa shape index (κ2) is 7.42. The van der Waals surface area contributed by atoms with Crippen LogP contribution in [0.25, 0.3) is 0 Å². The van der Waals surface area contributed by atoms with Gasteiger partial charge in [-0.25, -0.2) is 4.79 Å². The van der Waals surface area contributed by atoms with Gasteiger partial charge in [-0.3, -0.25) is 14.9 Å². The highest BCUT2D eigenvalue weighted by Gasteiger charge is 2.28. The Balaban J connectivity index is 2.35. The number of nitro groups is 1. The minimum absolute atomic E-state index is 0.0208. The SMILES string of the molecule is CCOC(=O)c1cc(C(=O)N2CC(C)CC(C)C2)cc([N+](=O)[O-])c1. The first-order valence-electron chi connectivity index (χ1n) is 8.07. The lowest BCUT2D eigenvalue weighted by Gasteiger charge is -2.35. The van der Waals surface area contributed by atoms with Gasteiger partial charge in [0.1, 0.15) is 0 Å². The number of amides is 1. The summed E-state index contributed by atoms with van der Waals surface area (Å²) in [6, 6.07) is 3.72. The van der Waals surface area contributed by atoms with Crippen LogP contribution in [-0.2, 0) is 4.74 Å². The molecule has 2 rings (SSSR count). The van der Waals surface area contributed by atoms with Gasteiger partial charge in [0.25, 0.3) is 11.6 Å². The van der Waals surface area contributed by atoms with Crippen molar-refractivity contribution in [2.24, 2.45) is 11.8 Å². The Morgan fingerprint density at radius 3 is 2.33 bits per heavy atom.